The summed E-state index contributed by atoms with van der Waals surface area (Å²) in [5.74, 6) is 3.51. The molecule has 1 atom stereocenters. The number of benzene rings is 2. The number of hydrogen-bond donors (Lipinski definition) is 4. The number of alkyl halides is 2. The summed E-state index contributed by atoms with van der Waals surface area (Å²) < 4.78 is 25.1. The van der Waals surface area contributed by atoms with Gasteiger partial charge in [-0.05, 0) is 54.8 Å². The van der Waals surface area contributed by atoms with E-state index in [0.717, 1.165) is 29.4 Å². The van der Waals surface area contributed by atoms with E-state index < -0.39 is 36.1 Å². The molecule has 1 aromatic heterocycles. The quantitative estimate of drug-likeness (QED) is 0.379. The Balaban J connectivity index is 1.77. The Labute approximate surface area is 195 Å². The Morgan fingerprint density at radius 1 is 1.06 bits per heavy atom. The van der Waals surface area contributed by atoms with Crippen LogP contribution in [0.1, 0.15) is 33.9 Å². The van der Waals surface area contributed by atoms with Gasteiger partial charge >= 0.3 is 0 Å². The first kappa shape index (κ1) is 24.6. The molecule has 0 aliphatic carbocycles. The zero-order valence-corrected chi connectivity index (χ0v) is 18.2. The van der Waals surface area contributed by atoms with Gasteiger partial charge in [0.15, 0.2) is 0 Å². The molecule has 0 bridgehead atoms. The monoisotopic (exact) mass is 466 g/mol. The number of amides is 1. The first-order valence-electron chi connectivity index (χ1n) is 10.6. The third kappa shape index (κ3) is 6.73. The molecule has 9 heteroatoms. The summed E-state index contributed by atoms with van der Waals surface area (Å²) in [6.07, 6.45) is -0.845. The highest BCUT2D eigenvalue weighted by Crippen LogP contribution is 2.24. The second-order valence-corrected chi connectivity index (χ2v) is 7.54. The number of nitrogens with zero attached hydrogens (tertiary/aromatic N) is 1. The minimum Gasteiger partial charge on any atom is -0.502 e. The van der Waals surface area contributed by atoms with Crippen molar-refractivity contribution in [2.24, 2.45) is 5.73 Å². The molecule has 1 heterocycles. The SMILES string of the molecule is NCCc1ccc(C#Cc2ccc(CC(C(=O)NCC(F)F)c3nc[nH]c(=O)c3O)cc2)cc1. The smallest absolute Gasteiger partial charge is 0.293 e. The van der Waals surface area contributed by atoms with Crippen LogP contribution in [0.15, 0.2) is 59.7 Å². The van der Waals surface area contributed by atoms with Crippen LogP contribution in [0.5, 0.6) is 5.75 Å². The number of aromatic nitrogens is 2. The number of halogens is 2. The number of hydrogen-bond acceptors (Lipinski definition) is 5. The van der Waals surface area contributed by atoms with Crippen LogP contribution in [-0.2, 0) is 17.6 Å². The molecule has 5 N–H and O–H groups in total. The highest BCUT2D eigenvalue weighted by Gasteiger charge is 2.27. The number of nitrogens with one attached hydrogen (secondary N) is 2. The molecule has 7 nitrogen and oxygen atoms in total. The van der Waals surface area contributed by atoms with E-state index in [1.54, 1.807) is 24.3 Å². The molecule has 3 rings (SSSR count). The van der Waals surface area contributed by atoms with Crippen LogP contribution in [-0.4, -0.2) is 40.5 Å². The van der Waals surface area contributed by atoms with Gasteiger partial charge in [0.1, 0.15) is 5.69 Å². The lowest BCUT2D eigenvalue weighted by atomic mass is 9.94. The maximum Gasteiger partial charge on any atom is 0.293 e. The number of carbonyl (C=O) groups is 1. The standard InChI is InChI=1S/C25H24F2N4O3/c26-21(27)14-29-24(33)20(22-23(32)25(34)31-15-30-22)13-19-9-7-17(8-10-19)2-1-16-3-5-18(6-4-16)11-12-28/h3-10,15,20-21,32H,11-14,28H2,(H,29,33)(H,30,31,34). The third-order valence-electron chi connectivity index (χ3n) is 5.07. The first-order chi connectivity index (χ1) is 16.4. The molecule has 1 amide bonds. The van der Waals surface area contributed by atoms with Gasteiger partial charge in [-0.2, -0.15) is 0 Å². The summed E-state index contributed by atoms with van der Waals surface area (Å²) in [5, 5.41) is 12.2. The van der Waals surface area contributed by atoms with E-state index >= 15 is 0 Å². The Bertz CT molecular complexity index is 1230. The van der Waals surface area contributed by atoms with E-state index in [0.29, 0.717) is 12.1 Å². The second-order valence-electron chi connectivity index (χ2n) is 7.54. The van der Waals surface area contributed by atoms with Crippen molar-refractivity contribution in [2.45, 2.75) is 25.2 Å². The largest absolute Gasteiger partial charge is 0.502 e. The normalized spacial score (nSPS) is 11.5. The van der Waals surface area contributed by atoms with E-state index in [4.69, 9.17) is 5.73 Å². The predicted molar refractivity (Wildman–Crippen MR) is 124 cm³/mol. The van der Waals surface area contributed by atoms with Crippen molar-refractivity contribution >= 4 is 5.91 Å². The molecule has 0 spiro atoms. The van der Waals surface area contributed by atoms with E-state index in [1.165, 1.54) is 0 Å². The van der Waals surface area contributed by atoms with E-state index in [1.807, 2.05) is 24.3 Å². The first-order valence-corrected chi connectivity index (χ1v) is 10.6. The van der Waals surface area contributed by atoms with Crippen molar-refractivity contribution in [3.63, 3.8) is 0 Å². The summed E-state index contributed by atoms with van der Waals surface area (Å²) in [6, 6.07) is 14.8. The molecule has 34 heavy (non-hydrogen) atoms. The molecule has 176 valence electrons. The van der Waals surface area contributed by atoms with E-state index in [9.17, 15) is 23.5 Å². The van der Waals surface area contributed by atoms with Crippen LogP contribution in [0, 0.1) is 11.8 Å². The maximum absolute atomic E-state index is 12.6. The van der Waals surface area contributed by atoms with Crippen LogP contribution < -0.4 is 16.6 Å². The zero-order valence-electron chi connectivity index (χ0n) is 18.2. The van der Waals surface area contributed by atoms with Gasteiger partial charge in [0.2, 0.25) is 11.7 Å². The summed E-state index contributed by atoms with van der Waals surface area (Å²) in [7, 11) is 0. The summed E-state index contributed by atoms with van der Waals surface area (Å²) in [5.41, 5.74) is 7.97. The van der Waals surface area contributed by atoms with Crippen LogP contribution in [0.25, 0.3) is 0 Å². The van der Waals surface area contributed by atoms with Gasteiger partial charge in [0.05, 0.1) is 18.8 Å². The molecule has 0 aliphatic heterocycles. The fraction of sp³-hybridized carbons (Fsp3) is 0.240. The Hall–Kier alpha value is -4.03. The van der Waals surface area contributed by atoms with Crippen LogP contribution in [0.3, 0.4) is 0 Å². The summed E-state index contributed by atoms with van der Waals surface area (Å²) >= 11 is 0. The minimum atomic E-state index is -2.74. The number of H-pyrrole nitrogens is 1. The average Bonchev–Trinajstić information content (AvgIpc) is 2.83. The molecule has 0 saturated carbocycles. The molecule has 1 unspecified atom stereocenters. The van der Waals surface area contributed by atoms with Crippen molar-refractivity contribution in [1.29, 1.82) is 0 Å². The number of aromatic amines is 1. The van der Waals surface area contributed by atoms with Gasteiger partial charge in [-0.15, -0.1) is 0 Å². The van der Waals surface area contributed by atoms with Crippen LogP contribution >= 0.6 is 0 Å². The molecular formula is C25H24F2N4O3. The number of nitrogens with two attached hydrogens (primary N) is 1. The lowest BCUT2D eigenvalue weighted by Crippen LogP contribution is -2.34. The zero-order chi connectivity index (χ0) is 24.5. The van der Waals surface area contributed by atoms with Gasteiger partial charge in [0, 0.05) is 11.1 Å². The minimum absolute atomic E-state index is 0.0371. The van der Waals surface area contributed by atoms with Gasteiger partial charge in [0.25, 0.3) is 12.0 Å². The highest BCUT2D eigenvalue weighted by molar-refractivity contribution is 5.84. The van der Waals surface area contributed by atoms with Gasteiger partial charge in [-0.3, -0.25) is 9.59 Å². The Morgan fingerprint density at radius 2 is 1.65 bits per heavy atom. The molecule has 0 radical (unpaired) electrons. The van der Waals surface area contributed by atoms with Crippen molar-refractivity contribution < 1.29 is 18.7 Å². The van der Waals surface area contributed by atoms with E-state index in [2.05, 4.69) is 27.1 Å². The number of carbonyl (C=O) groups excluding carboxylic acids is 1. The molecule has 0 aliphatic rings. The molecular weight excluding hydrogens is 442 g/mol. The van der Waals surface area contributed by atoms with Gasteiger partial charge < -0.3 is 21.1 Å². The summed E-state index contributed by atoms with van der Waals surface area (Å²) in [6.45, 7) is -0.260. The fourth-order valence-corrected chi connectivity index (χ4v) is 3.30. The van der Waals surface area contributed by atoms with Crippen molar-refractivity contribution in [1.82, 2.24) is 15.3 Å². The van der Waals surface area contributed by atoms with Crippen molar-refractivity contribution in [3.8, 4) is 17.6 Å². The lowest BCUT2D eigenvalue weighted by molar-refractivity contribution is -0.123. The third-order valence-corrected chi connectivity index (χ3v) is 5.07. The van der Waals surface area contributed by atoms with Crippen LogP contribution in [0.4, 0.5) is 8.78 Å². The van der Waals surface area contributed by atoms with Crippen molar-refractivity contribution in [2.75, 3.05) is 13.1 Å². The average molecular weight is 466 g/mol. The van der Waals surface area contributed by atoms with Crippen LogP contribution in [0.2, 0.25) is 0 Å². The fourth-order valence-electron chi connectivity index (χ4n) is 3.30. The second kappa shape index (κ2) is 11.7. The topological polar surface area (TPSA) is 121 Å². The maximum atomic E-state index is 12.6. The predicted octanol–water partition coefficient (Wildman–Crippen LogP) is 2.08. The Kier molecular flexibility index (Phi) is 8.48. The molecule has 3 aromatic rings. The Morgan fingerprint density at radius 3 is 2.21 bits per heavy atom. The van der Waals surface area contributed by atoms with Gasteiger partial charge in [-0.1, -0.05) is 36.1 Å². The highest BCUT2D eigenvalue weighted by atomic mass is 19.3. The summed E-state index contributed by atoms with van der Waals surface area (Å²) in [4.78, 5) is 30.4. The van der Waals surface area contributed by atoms with Crippen molar-refractivity contribution in [3.05, 3.63) is 93.2 Å². The lowest BCUT2D eigenvalue weighted by Gasteiger charge is -2.17. The van der Waals surface area contributed by atoms with E-state index in [-0.39, 0.29) is 12.1 Å². The molecule has 0 fully saturated rings. The van der Waals surface area contributed by atoms with Gasteiger partial charge in [-0.25, -0.2) is 13.8 Å². The molecule has 0 saturated heterocycles. The number of rotatable bonds is 8. The number of aromatic hydroxyl groups is 1. The molecule has 2 aromatic carbocycles.